The molecule has 17 heavy (non-hydrogen) atoms. The third-order valence-electron chi connectivity index (χ3n) is 3.48. The molecule has 4 heteroatoms. The summed E-state index contributed by atoms with van der Waals surface area (Å²) in [6, 6.07) is 4.17. The Hall–Kier alpha value is -0.320. The topological polar surface area (TPSA) is 42.4 Å². The Labute approximate surface area is 111 Å². The van der Waals surface area contributed by atoms with Crippen molar-refractivity contribution in [3.63, 3.8) is 0 Å². The van der Waals surface area contributed by atoms with Gasteiger partial charge in [0.25, 0.3) is 0 Å². The van der Waals surface area contributed by atoms with Crippen molar-refractivity contribution in [1.29, 1.82) is 0 Å². The Bertz CT molecular complexity index is 356. The molecule has 0 bridgehead atoms. The molecule has 0 radical (unpaired) electrons. The summed E-state index contributed by atoms with van der Waals surface area (Å²) in [7, 11) is 0. The molecule has 0 amide bonds. The van der Waals surface area contributed by atoms with E-state index in [0.29, 0.717) is 6.54 Å². The lowest BCUT2D eigenvalue weighted by Gasteiger charge is -2.38. The zero-order valence-electron chi connectivity index (χ0n) is 10.5. The molecule has 96 valence electrons. The minimum Gasteiger partial charge on any atom is -0.453 e. The van der Waals surface area contributed by atoms with Gasteiger partial charge in [-0.25, -0.2) is 0 Å². The molecule has 3 atom stereocenters. The van der Waals surface area contributed by atoms with Crippen molar-refractivity contribution < 1.29 is 4.42 Å². The van der Waals surface area contributed by atoms with Crippen LogP contribution in [0.3, 0.4) is 0 Å². The molecule has 1 saturated heterocycles. The van der Waals surface area contributed by atoms with Gasteiger partial charge in [0.15, 0.2) is 4.67 Å². The molecule has 3 unspecified atom stereocenters. The first-order chi connectivity index (χ1) is 8.10. The monoisotopic (exact) mass is 300 g/mol. The van der Waals surface area contributed by atoms with Crippen LogP contribution in [0.4, 0.5) is 0 Å². The van der Waals surface area contributed by atoms with Crippen LogP contribution in [0.1, 0.15) is 32.1 Å². The van der Waals surface area contributed by atoms with E-state index in [1.165, 1.54) is 6.42 Å². The maximum absolute atomic E-state index is 5.92. The zero-order valence-corrected chi connectivity index (χ0v) is 12.1. The summed E-state index contributed by atoms with van der Waals surface area (Å²) in [5, 5.41) is 0. The number of piperidine rings is 1. The second-order valence-electron chi connectivity index (χ2n) is 5.29. The number of hydrogen-bond acceptors (Lipinski definition) is 3. The Morgan fingerprint density at radius 2 is 2.06 bits per heavy atom. The molecule has 1 aliphatic heterocycles. The lowest BCUT2D eigenvalue weighted by atomic mass is 9.90. The van der Waals surface area contributed by atoms with Crippen LogP contribution in [-0.4, -0.2) is 24.5 Å². The number of hydrogen-bond donors (Lipinski definition) is 1. The van der Waals surface area contributed by atoms with Crippen LogP contribution in [0, 0.1) is 11.8 Å². The number of rotatable bonds is 3. The normalized spacial score (nSPS) is 28.2. The lowest BCUT2D eigenvalue weighted by molar-refractivity contribution is 0.0874. The van der Waals surface area contributed by atoms with Crippen LogP contribution in [0.25, 0.3) is 0 Å². The van der Waals surface area contributed by atoms with E-state index in [2.05, 4.69) is 34.7 Å². The summed E-state index contributed by atoms with van der Waals surface area (Å²) in [4.78, 5) is 2.46. The van der Waals surface area contributed by atoms with Gasteiger partial charge >= 0.3 is 0 Å². The van der Waals surface area contributed by atoms with Crippen LogP contribution in [0.15, 0.2) is 21.2 Å². The van der Waals surface area contributed by atoms with Crippen molar-refractivity contribution in [2.75, 3.05) is 19.6 Å². The van der Waals surface area contributed by atoms with Crippen molar-refractivity contribution in [2.24, 2.45) is 17.6 Å². The maximum atomic E-state index is 5.92. The molecule has 0 saturated carbocycles. The highest BCUT2D eigenvalue weighted by Crippen LogP contribution is 2.30. The molecular formula is C13H21BrN2O. The molecule has 1 aliphatic rings. The lowest BCUT2D eigenvalue weighted by Crippen LogP contribution is -2.43. The Morgan fingerprint density at radius 3 is 2.53 bits per heavy atom. The quantitative estimate of drug-likeness (QED) is 0.933. The average Bonchev–Trinajstić information content (AvgIpc) is 2.64. The molecule has 3 nitrogen and oxygen atoms in total. The predicted molar refractivity (Wildman–Crippen MR) is 72.7 cm³/mol. The van der Waals surface area contributed by atoms with Crippen LogP contribution in [0.5, 0.6) is 0 Å². The summed E-state index contributed by atoms with van der Waals surface area (Å²) >= 11 is 3.35. The number of nitrogens with zero attached hydrogens (tertiary/aromatic N) is 1. The molecule has 0 aliphatic carbocycles. The molecule has 2 N–H and O–H groups in total. The van der Waals surface area contributed by atoms with Gasteiger partial charge in [-0.15, -0.1) is 0 Å². The van der Waals surface area contributed by atoms with E-state index < -0.39 is 0 Å². The predicted octanol–water partition coefficient (Wildman–Crippen LogP) is 3.02. The average molecular weight is 301 g/mol. The van der Waals surface area contributed by atoms with Gasteiger partial charge in [-0.3, -0.25) is 4.90 Å². The molecule has 2 rings (SSSR count). The van der Waals surface area contributed by atoms with Gasteiger partial charge in [-0.2, -0.15) is 0 Å². The summed E-state index contributed by atoms with van der Waals surface area (Å²) in [5.74, 6) is 2.46. The molecule has 1 fully saturated rings. The first-order valence-electron chi connectivity index (χ1n) is 6.29. The molecule has 2 heterocycles. The van der Waals surface area contributed by atoms with E-state index in [9.17, 15) is 0 Å². The number of halogens is 1. The standard InChI is InChI=1S/C13H21BrN2O/c1-9-5-10(2)8-16(7-9)11(6-15)12-3-4-13(14)17-12/h3-4,9-11H,5-8,15H2,1-2H3. The van der Waals surface area contributed by atoms with Crippen molar-refractivity contribution in [3.05, 3.63) is 22.6 Å². The minimum atomic E-state index is 0.214. The van der Waals surface area contributed by atoms with Gasteiger partial charge in [-0.05, 0) is 46.3 Å². The number of furan rings is 1. The number of nitrogens with two attached hydrogens (primary N) is 1. The van der Waals surface area contributed by atoms with E-state index in [1.807, 2.05) is 12.1 Å². The van der Waals surface area contributed by atoms with Crippen LogP contribution in [-0.2, 0) is 0 Å². The highest BCUT2D eigenvalue weighted by atomic mass is 79.9. The number of likely N-dealkylation sites (tertiary alicyclic amines) is 1. The van der Waals surface area contributed by atoms with Gasteiger partial charge in [0.05, 0.1) is 6.04 Å². The fraction of sp³-hybridized carbons (Fsp3) is 0.692. The van der Waals surface area contributed by atoms with Crippen molar-refractivity contribution in [1.82, 2.24) is 4.90 Å². The van der Waals surface area contributed by atoms with E-state index in [-0.39, 0.29) is 6.04 Å². The van der Waals surface area contributed by atoms with Crippen molar-refractivity contribution in [2.45, 2.75) is 26.3 Å². The Balaban J connectivity index is 2.12. The van der Waals surface area contributed by atoms with Crippen molar-refractivity contribution in [3.8, 4) is 0 Å². The molecule has 0 aromatic carbocycles. The summed E-state index contributed by atoms with van der Waals surface area (Å²) in [6.07, 6.45) is 1.32. The fourth-order valence-electron chi connectivity index (χ4n) is 2.92. The maximum Gasteiger partial charge on any atom is 0.169 e. The molecular weight excluding hydrogens is 280 g/mol. The largest absolute Gasteiger partial charge is 0.453 e. The smallest absolute Gasteiger partial charge is 0.169 e. The van der Waals surface area contributed by atoms with Gasteiger partial charge in [0, 0.05) is 19.6 Å². The fourth-order valence-corrected chi connectivity index (χ4v) is 3.24. The third kappa shape index (κ3) is 3.12. The summed E-state index contributed by atoms with van der Waals surface area (Å²) < 4.78 is 6.44. The minimum absolute atomic E-state index is 0.214. The highest BCUT2D eigenvalue weighted by molar-refractivity contribution is 9.10. The molecule has 1 aromatic rings. The van der Waals surface area contributed by atoms with Gasteiger partial charge in [0.1, 0.15) is 5.76 Å². The molecule has 1 aromatic heterocycles. The SMILES string of the molecule is CC1CC(C)CN(C(CN)c2ccc(Br)o2)C1. The Morgan fingerprint density at radius 1 is 1.41 bits per heavy atom. The second-order valence-corrected chi connectivity index (χ2v) is 6.07. The summed E-state index contributed by atoms with van der Waals surface area (Å²) in [6.45, 7) is 7.47. The summed E-state index contributed by atoms with van der Waals surface area (Å²) in [5.41, 5.74) is 5.92. The van der Waals surface area contributed by atoms with E-state index in [4.69, 9.17) is 10.2 Å². The zero-order chi connectivity index (χ0) is 12.4. The van der Waals surface area contributed by atoms with Crippen LogP contribution in [0.2, 0.25) is 0 Å². The van der Waals surface area contributed by atoms with Crippen LogP contribution < -0.4 is 5.73 Å². The Kier molecular flexibility index (Phi) is 4.28. The van der Waals surface area contributed by atoms with Gasteiger partial charge < -0.3 is 10.2 Å². The van der Waals surface area contributed by atoms with E-state index in [0.717, 1.165) is 35.4 Å². The second kappa shape index (κ2) is 5.55. The van der Waals surface area contributed by atoms with Gasteiger partial charge in [0.2, 0.25) is 0 Å². The third-order valence-corrected chi connectivity index (χ3v) is 3.91. The van der Waals surface area contributed by atoms with E-state index >= 15 is 0 Å². The molecule has 0 spiro atoms. The van der Waals surface area contributed by atoms with Crippen molar-refractivity contribution >= 4 is 15.9 Å². The first kappa shape index (κ1) is 13.1. The highest BCUT2D eigenvalue weighted by Gasteiger charge is 2.29. The van der Waals surface area contributed by atoms with Gasteiger partial charge in [-0.1, -0.05) is 13.8 Å². The first-order valence-corrected chi connectivity index (χ1v) is 7.08. The van der Waals surface area contributed by atoms with Crippen LogP contribution >= 0.6 is 15.9 Å². The van der Waals surface area contributed by atoms with E-state index in [1.54, 1.807) is 0 Å².